The minimum atomic E-state index is -0.234. The molecule has 0 aromatic carbocycles. The summed E-state index contributed by atoms with van der Waals surface area (Å²) in [6, 6.07) is 0. The molecule has 0 saturated carbocycles. The first-order valence-electron chi connectivity index (χ1n) is 9.54. The van der Waals surface area contributed by atoms with Crippen molar-refractivity contribution in [3.05, 3.63) is 57.2 Å². The van der Waals surface area contributed by atoms with E-state index >= 15 is 0 Å². The molecule has 8 nitrogen and oxygen atoms in total. The zero-order valence-electron chi connectivity index (χ0n) is 16.1. The van der Waals surface area contributed by atoms with E-state index in [2.05, 4.69) is 30.0 Å². The standard InChI is InChI=1S/C20H24N6O2/c1-12-15(24-13(2)18(12)17(27)11-26-7-3-4-8-26)9-16-19(22-6-5-21-16)14-10-23-25-20(14)28/h5-6,10,24H,3-4,7-9,11H2,1-2H3,(H2,23,25,28). The van der Waals surface area contributed by atoms with Crippen LogP contribution in [0.4, 0.5) is 0 Å². The third-order valence-corrected chi connectivity index (χ3v) is 5.41. The van der Waals surface area contributed by atoms with Crippen LogP contribution in [0, 0.1) is 13.8 Å². The van der Waals surface area contributed by atoms with E-state index in [1.807, 2.05) is 13.8 Å². The van der Waals surface area contributed by atoms with Gasteiger partial charge in [0.1, 0.15) is 0 Å². The number of rotatable bonds is 6. The number of carbonyl (C=O) groups excluding carboxylic acids is 1. The molecule has 0 radical (unpaired) electrons. The number of hydrogen-bond acceptors (Lipinski definition) is 5. The number of H-pyrrole nitrogens is 3. The van der Waals surface area contributed by atoms with Gasteiger partial charge in [-0.2, -0.15) is 0 Å². The molecule has 1 fully saturated rings. The number of ketones is 1. The van der Waals surface area contributed by atoms with Gasteiger partial charge >= 0.3 is 0 Å². The lowest BCUT2D eigenvalue weighted by atomic mass is 10.0. The Morgan fingerprint density at radius 2 is 1.93 bits per heavy atom. The van der Waals surface area contributed by atoms with Gasteiger partial charge in [-0.25, -0.2) is 0 Å². The molecule has 3 aromatic rings. The Morgan fingerprint density at radius 3 is 2.64 bits per heavy atom. The predicted octanol–water partition coefficient (Wildman–Crippen LogP) is 1.97. The number of nitrogens with one attached hydrogen (secondary N) is 3. The predicted molar refractivity (Wildman–Crippen MR) is 106 cm³/mol. The van der Waals surface area contributed by atoms with Gasteiger partial charge in [0.2, 0.25) is 0 Å². The Kier molecular flexibility index (Phi) is 4.95. The maximum Gasteiger partial charge on any atom is 0.273 e. The average Bonchev–Trinajstić information content (AvgIpc) is 3.38. The second-order valence-electron chi connectivity index (χ2n) is 7.32. The molecule has 0 amide bonds. The van der Waals surface area contributed by atoms with E-state index in [0.717, 1.165) is 48.4 Å². The maximum absolute atomic E-state index is 12.9. The van der Waals surface area contributed by atoms with Crippen molar-refractivity contribution in [3.63, 3.8) is 0 Å². The maximum atomic E-state index is 12.9. The van der Waals surface area contributed by atoms with Crippen molar-refractivity contribution in [2.75, 3.05) is 19.6 Å². The first-order chi connectivity index (χ1) is 13.5. The van der Waals surface area contributed by atoms with Gasteiger partial charge in [0, 0.05) is 42.0 Å². The summed E-state index contributed by atoms with van der Waals surface area (Å²) in [6.07, 6.45) is 7.58. The van der Waals surface area contributed by atoms with E-state index in [1.54, 1.807) is 18.6 Å². The van der Waals surface area contributed by atoms with Gasteiger partial charge in [-0.05, 0) is 45.3 Å². The minimum absolute atomic E-state index is 0.154. The van der Waals surface area contributed by atoms with Crippen LogP contribution in [0.2, 0.25) is 0 Å². The molecule has 0 unspecified atom stereocenters. The molecule has 4 heterocycles. The Balaban J connectivity index is 1.63. The average molecular weight is 380 g/mol. The van der Waals surface area contributed by atoms with Crippen LogP contribution in [-0.4, -0.2) is 55.5 Å². The number of aromatic nitrogens is 5. The van der Waals surface area contributed by atoms with Crippen molar-refractivity contribution in [2.45, 2.75) is 33.1 Å². The van der Waals surface area contributed by atoms with E-state index in [1.165, 1.54) is 0 Å². The Labute approximate surface area is 162 Å². The molecule has 146 valence electrons. The van der Waals surface area contributed by atoms with Crippen molar-refractivity contribution in [1.82, 2.24) is 30.0 Å². The quantitative estimate of drug-likeness (QED) is 0.566. The van der Waals surface area contributed by atoms with Crippen molar-refractivity contribution in [1.29, 1.82) is 0 Å². The summed E-state index contributed by atoms with van der Waals surface area (Å²) in [5.41, 5.74) is 4.97. The summed E-state index contributed by atoms with van der Waals surface area (Å²) in [5, 5.41) is 5.23. The van der Waals surface area contributed by atoms with Crippen LogP contribution in [-0.2, 0) is 6.42 Å². The Bertz CT molecular complexity index is 1050. The normalized spacial score (nSPS) is 14.6. The fourth-order valence-corrected chi connectivity index (χ4v) is 4.00. The molecule has 0 spiro atoms. The Hall–Kier alpha value is -3.00. The van der Waals surface area contributed by atoms with Crippen LogP contribution in [0.3, 0.4) is 0 Å². The number of aromatic amines is 3. The first-order valence-corrected chi connectivity index (χ1v) is 9.54. The topological polar surface area (TPSA) is 111 Å². The van der Waals surface area contributed by atoms with Crippen LogP contribution >= 0.6 is 0 Å². The van der Waals surface area contributed by atoms with Crippen molar-refractivity contribution in [3.8, 4) is 11.3 Å². The van der Waals surface area contributed by atoms with Crippen molar-refractivity contribution >= 4 is 5.78 Å². The molecule has 1 saturated heterocycles. The number of aryl methyl sites for hydroxylation is 1. The summed E-state index contributed by atoms with van der Waals surface area (Å²) < 4.78 is 0. The number of nitrogens with zero attached hydrogens (tertiary/aromatic N) is 3. The highest BCUT2D eigenvalue weighted by molar-refractivity contribution is 6.00. The van der Waals surface area contributed by atoms with E-state index in [9.17, 15) is 9.59 Å². The van der Waals surface area contributed by atoms with Gasteiger partial charge in [-0.1, -0.05) is 0 Å². The van der Waals surface area contributed by atoms with Gasteiger partial charge in [0.25, 0.3) is 5.56 Å². The summed E-state index contributed by atoms with van der Waals surface area (Å²) in [6.45, 7) is 6.36. The van der Waals surface area contributed by atoms with E-state index < -0.39 is 0 Å². The first kappa shape index (κ1) is 18.4. The summed E-state index contributed by atoms with van der Waals surface area (Å²) >= 11 is 0. The highest BCUT2D eigenvalue weighted by Gasteiger charge is 2.23. The zero-order chi connectivity index (χ0) is 19.7. The molecule has 1 aliphatic rings. The molecule has 4 rings (SSSR count). The van der Waals surface area contributed by atoms with Gasteiger partial charge in [-0.15, -0.1) is 0 Å². The molecule has 3 N–H and O–H groups in total. The lowest BCUT2D eigenvalue weighted by molar-refractivity contribution is 0.0944. The molecule has 0 aliphatic carbocycles. The lowest BCUT2D eigenvalue weighted by Crippen LogP contribution is -2.27. The van der Waals surface area contributed by atoms with Gasteiger partial charge in [-0.3, -0.25) is 29.6 Å². The molecular weight excluding hydrogens is 356 g/mol. The van der Waals surface area contributed by atoms with Crippen LogP contribution in [0.5, 0.6) is 0 Å². The molecule has 0 atom stereocenters. The van der Waals surface area contributed by atoms with Crippen LogP contribution in [0.1, 0.15) is 45.8 Å². The summed E-state index contributed by atoms with van der Waals surface area (Å²) in [4.78, 5) is 39.2. The van der Waals surface area contributed by atoms with E-state index in [0.29, 0.717) is 29.9 Å². The smallest absolute Gasteiger partial charge is 0.273 e. The number of Topliss-reactive ketones (excluding diaryl/α,β-unsaturated/α-hetero) is 1. The largest absolute Gasteiger partial charge is 0.361 e. The van der Waals surface area contributed by atoms with Crippen LogP contribution in [0.15, 0.2) is 23.4 Å². The molecule has 3 aromatic heterocycles. The monoisotopic (exact) mass is 380 g/mol. The van der Waals surface area contributed by atoms with Gasteiger partial charge in [0.15, 0.2) is 5.78 Å². The summed E-state index contributed by atoms with van der Waals surface area (Å²) in [5.74, 6) is 0.154. The Morgan fingerprint density at radius 1 is 1.18 bits per heavy atom. The van der Waals surface area contributed by atoms with E-state index in [-0.39, 0.29) is 11.3 Å². The summed E-state index contributed by atoms with van der Waals surface area (Å²) in [7, 11) is 0. The van der Waals surface area contributed by atoms with Crippen molar-refractivity contribution < 1.29 is 4.79 Å². The molecule has 0 bridgehead atoms. The van der Waals surface area contributed by atoms with E-state index in [4.69, 9.17) is 0 Å². The number of carbonyl (C=O) groups is 1. The van der Waals surface area contributed by atoms with Crippen LogP contribution in [0.25, 0.3) is 11.3 Å². The number of likely N-dealkylation sites (tertiary alicyclic amines) is 1. The fraction of sp³-hybridized carbons (Fsp3) is 0.400. The SMILES string of the molecule is Cc1[nH]c(Cc2nccnc2-c2c[nH][nH]c2=O)c(C)c1C(=O)CN1CCCC1. The third kappa shape index (κ3) is 3.43. The molecule has 28 heavy (non-hydrogen) atoms. The zero-order valence-corrected chi connectivity index (χ0v) is 16.1. The van der Waals surface area contributed by atoms with Gasteiger partial charge < -0.3 is 10.1 Å². The minimum Gasteiger partial charge on any atom is -0.361 e. The molecule has 1 aliphatic heterocycles. The lowest BCUT2D eigenvalue weighted by Gasteiger charge is -2.13. The second-order valence-corrected chi connectivity index (χ2v) is 7.32. The van der Waals surface area contributed by atoms with Gasteiger partial charge in [0.05, 0.1) is 23.5 Å². The third-order valence-electron chi connectivity index (χ3n) is 5.41. The fourth-order valence-electron chi connectivity index (χ4n) is 4.00. The number of hydrogen-bond donors (Lipinski definition) is 3. The molecular formula is C20H24N6O2. The van der Waals surface area contributed by atoms with Crippen molar-refractivity contribution in [2.24, 2.45) is 0 Å². The second kappa shape index (κ2) is 7.55. The highest BCUT2D eigenvalue weighted by Crippen LogP contribution is 2.24. The highest BCUT2D eigenvalue weighted by atomic mass is 16.1. The molecule has 8 heteroatoms. The van der Waals surface area contributed by atoms with Crippen LogP contribution < -0.4 is 5.56 Å².